The van der Waals surface area contributed by atoms with E-state index in [4.69, 9.17) is 0 Å². The maximum atomic E-state index is 12.9. The zero-order valence-electron chi connectivity index (χ0n) is 16.4. The van der Waals surface area contributed by atoms with Crippen molar-refractivity contribution in [1.82, 2.24) is 0 Å². The van der Waals surface area contributed by atoms with Crippen LogP contribution in [-0.4, -0.2) is 47.0 Å². The number of benzene rings is 2. The van der Waals surface area contributed by atoms with E-state index < -0.39 is 22.0 Å². The molecule has 30 heavy (non-hydrogen) atoms. The lowest BCUT2D eigenvalue weighted by Gasteiger charge is -2.17. The molecule has 1 saturated heterocycles. The lowest BCUT2D eigenvalue weighted by molar-refractivity contribution is -0.117. The number of nitrogens with one attached hydrogen (secondary N) is 1. The van der Waals surface area contributed by atoms with Crippen LogP contribution in [0.3, 0.4) is 0 Å². The molecule has 0 unspecified atom stereocenters. The van der Waals surface area contributed by atoms with Gasteiger partial charge in [-0.2, -0.15) is 0 Å². The van der Waals surface area contributed by atoms with E-state index in [0.29, 0.717) is 18.7 Å². The highest BCUT2D eigenvalue weighted by molar-refractivity contribution is 7.92. The van der Waals surface area contributed by atoms with Crippen LogP contribution in [-0.2, 0) is 24.3 Å². The van der Waals surface area contributed by atoms with Gasteiger partial charge < -0.3 is 14.4 Å². The number of hydrogen-bond donors (Lipinski definition) is 1. The summed E-state index contributed by atoms with van der Waals surface area (Å²) in [5, 5.41) is 0. The number of hydrogen-bond acceptors (Lipinski definition) is 7. The van der Waals surface area contributed by atoms with Crippen molar-refractivity contribution in [3.8, 4) is 0 Å². The Labute approximate surface area is 173 Å². The summed E-state index contributed by atoms with van der Waals surface area (Å²) in [5.74, 6) is -1.62. The smallest absolute Gasteiger partial charge is 0.337 e. The second-order valence-electron chi connectivity index (χ2n) is 6.53. The zero-order valence-corrected chi connectivity index (χ0v) is 17.2. The molecule has 9 nitrogen and oxygen atoms in total. The van der Waals surface area contributed by atoms with Gasteiger partial charge in [0.1, 0.15) is 0 Å². The molecule has 0 atom stereocenters. The van der Waals surface area contributed by atoms with Crippen molar-refractivity contribution >= 4 is 39.2 Å². The van der Waals surface area contributed by atoms with Gasteiger partial charge in [-0.3, -0.25) is 9.52 Å². The minimum atomic E-state index is -4.16. The third-order valence-electron chi connectivity index (χ3n) is 4.54. The van der Waals surface area contributed by atoms with Crippen molar-refractivity contribution in [3.63, 3.8) is 0 Å². The molecular formula is C20H20N2O7S. The third kappa shape index (κ3) is 4.43. The molecule has 3 rings (SSSR count). The number of methoxy groups -OCH3 is 2. The molecular weight excluding hydrogens is 412 g/mol. The van der Waals surface area contributed by atoms with Crippen LogP contribution in [0, 0.1) is 0 Å². The highest BCUT2D eigenvalue weighted by Crippen LogP contribution is 2.26. The average Bonchev–Trinajstić information content (AvgIpc) is 3.18. The Kier molecular flexibility index (Phi) is 6.06. The van der Waals surface area contributed by atoms with E-state index in [2.05, 4.69) is 14.2 Å². The second kappa shape index (κ2) is 8.54. The highest BCUT2D eigenvalue weighted by Gasteiger charge is 2.24. The van der Waals surface area contributed by atoms with Crippen molar-refractivity contribution < 1.29 is 32.3 Å². The second-order valence-corrected chi connectivity index (χ2v) is 8.22. The van der Waals surface area contributed by atoms with Crippen LogP contribution in [0.25, 0.3) is 0 Å². The molecule has 1 N–H and O–H groups in total. The van der Waals surface area contributed by atoms with E-state index in [0.717, 1.165) is 32.8 Å². The molecule has 0 bridgehead atoms. The molecule has 1 fully saturated rings. The van der Waals surface area contributed by atoms with Crippen LogP contribution < -0.4 is 9.62 Å². The molecule has 1 aliphatic rings. The van der Waals surface area contributed by atoms with Gasteiger partial charge in [-0.25, -0.2) is 18.0 Å². The Morgan fingerprint density at radius 1 is 1.00 bits per heavy atom. The fourth-order valence-electron chi connectivity index (χ4n) is 3.10. The lowest BCUT2D eigenvalue weighted by Crippen LogP contribution is -2.23. The van der Waals surface area contributed by atoms with Crippen molar-refractivity contribution in [2.75, 3.05) is 30.4 Å². The van der Waals surface area contributed by atoms with Gasteiger partial charge in [0.05, 0.1) is 35.9 Å². The van der Waals surface area contributed by atoms with Gasteiger partial charge in [0.15, 0.2) is 0 Å². The first-order valence-corrected chi connectivity index (χ1v) is 10.5. The molecule has 1 aliphatic heterocycles. The summed E-state index contributed by atoms with van der Waals surface area (Å²) >= 11 is 0. The number of ether oxygens (including phenoxy) is 2. The molecule has 1 heterocycles. The normalized spacial score (nSPS) is 13.8. The average molecular weight is 432 g/mol. The number of anilines is 2. The largest absolute Gasteiger partial charge is 0.465 e. The van der Waals surface area contributed by atoms with Gasteiger partial charge >= 0.3 is 11.9 Å². The van der Waals surface area contributed by atoms with Crippen LogP contribution in [0.5, 0.6) is 0 Å². The lowest BCUT2D eigenvalue weighted by atomic mass is 10.1. The number of esters is 2. The first kappa shape index (κ1) is 21.3. The predicted octanol–water partition coefficient (Wildman–Crippen LogP) is 2.19. The van der Waals surface area contributed by atoms with Crippen molar-refractivity contribution in [2.45, 2.75) is 17.7 Å². The highest BCUT2D eigenvalue weighted by atomic mass is 32.2. The van der Waals surface area contributed by atoms with E-state index in [1.54, 1.807) is 23.1 Å². The minimum absolute atomic E-state index is 0.0245. The van der Waals surface area contributed by atoms with Crippen molar-refractivity contribution in [1.29, 1.82) is 0 Å². The SMILES string of the molecule is COC(=O)c1cc(C(=O)OC)cc(S(=O)(=O)Nc2cccc(N3CCCC3=O)c2)c1. The van der Waals surface area contributed by atoms with Crippen LogP contribution in [0.15, 0.2) is 47.4 Å². The Morgan fingerprint density at radius 2 is 1.63 bits per heavy atom. The molecule has 158 valence electrons. The molecule has 0 spiro atoms. The standard InChI is InChI=1S/C20H20N2O7S/c1-28-19(24)13-9-14(20(25)29-2)11-17(10-13)30(26,27)21-15-5-3-6-16(12-15)22-8-4-7-18(22)23/h3,5-6,9-12,21H,4,7-8H2,1-2H3. The van der Waals surface area contributed by atoms with Gasteiger partial charge in [-0.15, -0.1) is 0 Å². The summed E-state index contributed by atoms with van der Waals surface area (Å²) in [5.41, 5.74) is 0.584. The molecule has 0 radical (unpaired) electrons. The van der Waals surface area contributed by atoms with E-state index >= 15 is 0 Å². The van der Waals surface area contributed by atoms with Crippen LogP contribution in [0.2, 0.25) is 0 Å². The van der Waals surface area contributed by atoms with E-state index in [1.807, 2.05) is 0 Å². The fraction of sp³-hybridized carbons (Fsp3) is 0.250. The molecule has 0 aromatic heterocycles. The third-order valence-corrected chi connectivity index (χ3v) is 5.90. The Bertz CT molecular complexity index is 1080. The van der Waals surface area contributed by atoms with E-state index in [9.17, 15) is 22.8 Å². The molecule has 0 aliphatic carbocycles. The van der Waals surface area contributed by atoms with Crippen molar-refractivity contribution in [3.05, 3.63) is 53.6 Å². The number of carbonyl (C=O) groups is 3. The Balaban J connectivity index is 1.96. The number of nitrogens with zero attached hydrogens (tertiary/aromatic N) is 1. The first-order valence-electron chi connectivity index (χ1n) is 9.00. The Hall–Kier alpha value is -3.40. The zero-order chi connectivity index (χ0) is 21.9. The van der Waals surface area contributed by atoms with E-state index in [1.165, 1.54) is 12.1 Å². The molecule has 2 aromatic rings. The molecule has 1 amide bonds. The van der Waals surface area contributed by atoms with E-state index in [-0.39, 0.29) is 27.6 Å². The van der Waals surface area contributed by atoms with Gasteiger partial charge in [-0.1, -0.05) is 6.07 Å². The predicted molar refractivity (Wildman–Crippen MR) is 108 cm³/mol. The number of amides is 1. The maximum absolute atomic E-state index is 12.9. The molecule has 0 saturated carbocycles. The van der Waals surface area contributed by atoms with Crippen molar-refractivity contribution in [2.24, 2.45) is 0 Å². The molecule has 10 heteroatoms. The van der Waals surface area contributed by atoms with Crippen LogP contribution in [0.4, 0.5) is 11.4 Å². The summed E-state index contributed by atoms with van der Waals surface area (Å²) in [7, 11) is -1.88. The topological polar surface area (TPSA) is 119 Å². The molecule has 2 aromatic carbocycles. The van der Waals surface area contributed by atoms with Gasteiger partial charge in [0.25, 0.3) is 10.0 Å². The van der Waals surface area contributed by atoms with Gasteiger partial charge in [0, 0.05) is 18.7 Å². The summed E-state index contributed by atoms with van der Waals surface area (Å²) in [4.78, 5) is 37.0. The number of carbonyl (C=O) groups excluding carboxylic acids is 3. The minimum Gasteiger partial charge on any atom is -0.465 e. The summed E-state index contributed by atoms with van der Waals surface area (Å²) in [6, 6.07) is 9.83. The quantitative estimate of drug-likeness (QED) is 0.695. The Morgan fingerprint density at radius 3 is 2.17 bits per heavy atom. The monoisotopic (exact) mass is 432 g/mol. The van der Waals surface area contributed by atoms with Gasteiger partial charge in [-0.05, 0) is 42.8 Å². The van der Waals surface area contributed by atoms with Crippen LogP contribution >= 0.6 is 0 Å². The maximum Gasteiger partial charge on any atom is 0.337 e. The summed E-state index contributed by atoms with van der Waals surface area (Å²) in [6.45, 7) is 0.568. The first-order chi connectivity index (χ1) is 14.2. The van der Waals surface area contributed by atoms with Gasteiger partial charge in [0.2, 0.25) is 5.91 Å². The summed E-state index contributed by atoms with van der Waals surface area (Å²) < 4.78 is 37.5. The van der Waals surface area contributed by atoms with Crippen LogP contribution in [0.1, 0.15) is 33.6 Å². The summed E-state index contributed by atoms with van der Waals surface area (Å²) in [6.07, 6.45) is 1.19. The number of rotatable bonds is 6. The number of sulfonamides is 1. The fourth-order valence-corrected chi connectivity index (χ4v) is 4.22.